The van der Waals surface area contributed by atoms with Gasteiger partial charge in [0.2, 0.25) is 5.91 Å². The van der Waals surface area contributed by atoms with Crippen LogP contribution in [0.2, 0.25) is 10.0 Å². The highest BCUT2D eigenvalue weighted by molar-refractivity contribution is 7.22. The fourth-order valence-corrected chi connectivity index (χ4v) is 5.43. The van der Waals surface area contributed by atoms with Crippen molar-refractivity contribution in [3.05, 3.63) is 57.7 Å². The predicted octanol–water partition coefficient (Wildman–Crippen LogP) is 5.55. The molecule has 2 aromatic carbocycles. The van der Waals surface area contributed by atoms with Gasteiger partial charge in [-0.25, -0.2) is 4.98 Å². The Morgan fingerprint density at radius 2 is 1.91 bits per heavy atom. The van der Waals surface area contributed by atoms with Crippen LogP contribution in [0, 0.1) is 0 Å². The molecular weight excluding hydrogens is 477 g/mol. The molecule has 2 aromatic heterocycles. The van der Waals surface area contributed by atoms with Crippen LogP contribution >= 0.6 is 34.5 Å². The zero-order chi connectivity index (χ0) is 23.5. The number of carbonyl (C=O) groups is 1. The standard InChI is InChI=1S/C21H18Cl2N4OS.C3H9N/c1-2-24-20(28)14-9-27(21-26-16-6-4-12(23)8-18(16)29-21)10-17-19(14)13-7-11(22)3-5-15(13)25-17;1-3-4-2/h3-8,14,25H,2,9-10H2,1H3,(H,24,28);4H,3H2,1-2H3. The number of H-pyrrole nitrogens is 1. The van der Waals surface area contributed by atoms with E-state index in [9.17, 15) is 4.79 Å². The minimum atomic E-state index is -0.304. The van der Waals surface area contributed by atoms with Gasteiger partial charge in [0.25, 0.3) is 0 Å². The van der Waals surface area contributed by atoms with Crippen molar-refractivity contribution < 1.29 is 4.79 Å². The maximum Gasteiger partial charge on any atom is 0.229 e. The van der Waals surface area contributed by atoms with E-state index < -0.39 is 0 Å². The van der Waals surface area contributed by atoms with Crippen LogP contribution in [0.25, 0.3) is 21.1 Å². The Morgan fingerprint density at radius 1 is 1.18 bits per heavy atom. The molecule has 1 aliphatic rings. The number of benzene rings is 2. The molecule has 4 aromatic rings. The van der Waals surface area contributed by atoms with Crippen LogP contribution in [0.5, 0.6) is 0 Å². The van der Waals surface area contributed by atoms with Crippen molar-refractivity contribution in [2.75, 3.05) is 31.6 Å². The summed E-state index contributed by atoms with van der Waals surface area (Å²) in [4.78, 5) is 23.4. The first-order chi connectivity index (χ1) is 15.9. The van der Waals surface area contributed by atoms with Gasteiger partial charge in [0, 0.05) is 39.7 Å². The van der Waals surface area contributed by atoms with Crippen LogP contribution in [-0.4, -0.2) is 42.6 Å². The number of hydrogen-bond donors (Lipinski definition) is 3. The SMILES string of the molecule is CCNC.CCNC(=O)C1CN(c2nc3ccc(Cl)cc3s2)Cc2[nH]c3ccc(Cl)cc3c21. The Labute approximate surface area is 207 Å². The number of fused-ring (bicyclic) bond motifs is 4. The van der Waals surface area contributed by atoms with Crippen molar-refractivity contribution in [1.82, 2.24) is 20.6 Å². The lowest BCUT2D eigenvalue weighted by molar-refractivity contribution is -0.122. The van der Waals surface area contributed by atoms with Crippen molar-refractivity contribution in [3.63, 3.8) is 0 Å². The molecule has 1 aliphatic heterocycles. The molecule has 1 amide bonds. The van der Waals surface area contributed by atoms with Gasteiger partial charge in [0.05, 0.1) is 22.7 Å². The molecule has 0 spiro atoms. The normalized spacial score (nSPS) is 15.3. The third-order valence-electron chi connectivity index (χ3n) is 5.61. The molecule has 33 heavy (non-hydrogen) atoms. The van der Waals surface area contributed by atoms with Gasteiger partial charge >= 0.3 is 0 Å². The van der Waals surface area contributed by atoms with Crippen molar-refractivity contribution in [3.8, 4) is 0 Å². The summed E-state index contributed by atoms with van der Waals surface area (Å²) in [6, 6.07) is 11.5. The van der Waals surface area contributed by atoms with E-state index in [0.717, 1.165) is 44.1 Å². The lowest BCUT2D eigenvalue weighted by Crippen LogP contribution is -2.41. The van der Waals surface area contributed by atoms with Crippen molar-refractivity contribution in [2.45, 2.75) is 26.3 Å². The van der Waals surface area contributed by atoms with Gasteiger partial charge in [-0.15, -0.1) is 0 Å². The number of halogens is 2. The molecule has 174 valence electrons. The maximum absolute atomic E-state index is 13.0. The number of likely N-dealkylation sites (N-methyl/N-ethyl adjacent to an activating group) is 1. The van der Waals surface area contributed by atoms with Gasteiger partial charge in [-0.1, -0.05) is 41.5 Å². The molecule has 1 unspecified atom stereocenters. The number of carbonyl (C=O) groups excluding carboxylic acids is 1. The second-order valence-electron chi connectivity index (χ2n) is 7.85. The number of rotatable bonds is 4. The van der Waals surface area contributed by atoms with Gasteiger partial charge in [-0.2, -0.15) is 0 Å². The number of nitrogens with one attached hydrogen (secondary N) is 3. The monoisotopic (exact) mass is 503 g/mol. The first-order valence-corrected chi connectivity index (χ1v) is 12.6. The Bertz CT molecular complexity index is 1280. The molecule has 0 radical (unpaired) electrons. The van der Waals surface area contributed by atoms with E-state index in [2.05, 4.69) is 27.4 Å². The summed E-state index contributed by atoms with van der Waals surface area (Å²) in [6.07, 6.45) is 0. The molecule has 3 heterocycles. The minimum absolute atomic E-state index is 0.0171. The minimum Gasteiger partial charge on any atom is -0.357 e. The van der Waals surface area contributed by atoms with Gasteiger partial charge < -0.3 is 20.5 Å². The lowest BCUT2D eigenvalue weighted by atomic mass is 9.91. The van der Waals surface area contributed by atoms with E-state index in [1.54, 1.807) is 11.3 Å². The van der Waals surface area contributed by atoms with Crippen LogP contribution < -0.4 is 15.5 Å². The lowest BCUT2D eigenvalue weighted by Gasteiger charge is -2.32. The molecule has 9 heteroatoms. The Hall–Kier alpha value is -2.32. The van der Waals surface area contributed by atoms with Crippen LogP contribution in [0.3, 0.4) is 0 Å². The topological polar surface area (TPSA) is 73.0 Å². The van der Waals surface area contributed by atoms with Crippen molar-refractivity contribution in [2.24, 2.45) is 0 Å². The van der Waals surface area contributed by atoms with Gasteiger partial charge in [0.15, 0.2) is 5.13 Å². The largest absolute Gasteiger partial charge is 0.357 e. The highest BCUT2D eigenvalue weighted by Gasteiger charge is 2.34. The molecular formula is C24H27Cl2N5OS. The third kappa shape index (κ3) is 4.96. The fourth-order valence-electron chi connectivity index (χ4n) is 4.01. The molecule has 0 fully saturated rings. The first-order valence-electron chi connectivity index (χ1n) is 11.0. The summed E-state index contributed by atoms with van der Waals surface area (Å²) >= 11 is 14.0. The van der Waals surface area contributed by atoms with E-state index in [-0.39, 0.29) is 11.8 Å². The fraction of sp³-hybridized carbons (Fsp3) is 0.333. The summed E-state index contributed by atoms with van der Waals surface area (Å²) in [5.41, 5.74) is 3.97. The van der Waals surface area contributed by atoms with E-state index in [4.69, 9.17) is 28.2 Å². The van der Waals surface area contributed by atoms with E-state index in [1.165, 1.54) is 0 Å². The van der Waals surface area contributed by atoms with Crippen LogP contribution in [0.4, 0.5) is 5.13 Å². The number of anilines is 1. The van der Waals surface area contributed by atoms with Gasteiger partial charge in [-0.3, -0.25) is 4.79 Å². The third-order valence-corrected chi connectivity index (χ3v) is 7.16. The Kier molecular flexibility index (Phi) is 7.44. The van der Waals surface area contributed by atoms with E-state index in [0.29, 0.717) is 29.7 Å². The summed E-state index contributed by atoms with van der Waals surface area (Å²) < 4.78 is 1.04. The molecule has 5 rings (SSSR count). The van der Waals surface area contributed by atoms with E-state index >= 15 is 0 Å². The van der Waals surface area contributed by atoms with Gasteiger partial charge in [-0.05, 0) is 62.5 Å². The molecule has 6 nitrogen and oxygen atoms in total. The second kappa shape index (κ2) is 10.3. The zero-order valence-corrected chi connectivity index (χ0v) is 21.2. The molecule has 3 N–H and O–H groups in total. The summed E-state index contributed by atoms with van der Waals surface area (Å²) in [7, 11) is 1.93. The number of hydrogen-bond acceptors (Lipinski definition) is 5. The summed E-state index contributed by atoms with van der Waals surface area (Å²) in [5.74, 6) is -0.287. The zero-order valence-electron chi connectivity index (χ0n) is 18.8. The Balaban J connectivity index is 0.000000601. The first kappa shape index (κ1) is 23.8. The number of nitrogens with zero attached hydrogens (tertiary/aromatic N) is 2. The highest BCUT2D eigenvalue weighted by Crippen LogP contribution is 2.39. The number of amides is 1. The van der Waals surface area contributed by atoms with Crippen molar-refractivity contribution in [1.29, 1.82) is 0 Å². The molecule has 0 saturated carbocycles. The quantitative estimate of drug-likeness (QED) is 0.341. The van der Waals surface area contributed by atoms with Crippen LogP contribution in [0.15, 0.2) is 36.4 Å². The van der Waals surface area contributed by atoms with Crippen LogP contribution in [-0.2, 0) is 11.3 Å². The summed E-state index contributed by atoms with van der Waals surface area (Å²) in [5, 5.41) is 9.18. The summed E-state index contributed by atoms with van der Waals surface area (Å²) in [6.45, 7) is 6.88. The number of thiazole rings is 1. The number of aromatic nitrogens is 2. The molecule has 1 atom stereocenters. The average Bonchev–Trinajstić information content (AvgIpc) is 3.39. The van der Waals surface area contributed by atoms with Crippen molar-refractivity contribution >= 4 is 66.7 Å². The van der Waals surface area contributed by atoms with E-state index in [1.807, 2.05) is 50.4 Å². The maximum atomic E-state index is 13.0. The smallest absolute Gasteiger partial charge is 0.229 e. The average molecular weight is 504 g/mol. The predicted molar refractivity (Wildman–Crippen MR) is 140 cm³/mol. The second-order valence-corrected chi connectivity index (χ2v) is 9.73. The molecule has 0 saturated heterocycles. The van der Waals surface area contributed by atoms with Crippen LogP contribution in [0.1, 0.15) is 31.0 Å². The van der Waals surface area contributed by atoms with Gasteiger partial charge in [0.1, 0.15) is 0 Å². The Morgan fingerprint density at radius 3 is 2.64 bits per heavy atom. The highest BCUT2D eigenvalue weighted by atomic mass is 35.5. The number of aromatic amines is 1. The molecule has 0 aliphatic carbocycles. The molecule has 0 bridgehead atoms.